The SMILES string of the molecule is O=C(O)C[C@H](NC(=O)OC1O[C@H](CO)[C@@H](O)[C@H](O)[C@H]1O)C(=O)O. The van der Waals surface area contributed by atoms with E-state index in [2.05, 4.69) is 4.74 Å². The van der Waals surface area contributed by atoms with Crippen molar-refractivity contribution in [3.8, 4) is 0 Å². The smallest absolute Gasteiger partial charge is 0.410 e. The molecule has 1 aliphatic rings. The lowest BCUT2D eigenvalue weighted by atomic mass is 9.99. The number of aliphatic hydroxyl groups is 4. The van der Waals surface area contributed by atoms with Crippen LogP contribution < -0.4 is 5.32 Å². The van der Waals surface area contributed by atoms with Crippen molar-refractivity contribution in [2.75, 3.05) is 6.61 Å². The Kier molecular flexibility index (Phi) is 6.65. The first-order valence-electron chi connectivity index (χ1n) is 6.39. The molecular weight excluding hydrogens is 322 g/mol. The highest BCUT2D eigenvalue weighted by Crippen LogP contribution is 2.22. The van der Waals surface area contributed by atoms with Gasteiger partial charge in [-0.25, -0.2) is 9.59 Å². The van der Waals surface area contributed by atoms with E-state index >= 15 is 0 Å². The fourth-order valence-corrected chi connectivity index (χ4v) is 1.82. The molecule has 132 valence electrons. The second-order valence-electron chi connectivity index (χ2n) is 4.74. The second-order valence-corrected chi connectivity index (χ2v) is 4.74. The van der Waals surface area contributed by atoms with Gasteiger partial charge >= 0.3 is 18.0 Å². The lowest BCUT2D eigenvalue weighted by Crippen LogP contribution is -2.60. The molecule has 0 saturated carbocycles. The number of hydrogen-bond acceptors (Lipinski definition) is 9. The van der Waals surface area contributed by atoms with E-state index < -0.39 is 67.8 Å². The minimum atomic E-state index is -1.86. The van der Waals surface area contributed by atoms with Crippen molar-refractivity contribution in [1.29, 1.82) is 0 Å². The monoisotopic (exact) mass is 339 g/mol. The first-order chi connectivity index (χ1) is 10.7. The highest BCUT2D eigenvalue weighted by molar-refractivity contribution is 5.84. The molecule has 0 aromatic carbocycles. The molecule has 12 nitrogen and oxygen atoms in total. The summed E-state index contributed by atoms with van der Waals surface area (Å²) in [7, 11) is 0. The van der Waals surface area contributed by atoms with Gasteiger partial charge in [-0.1, -0.05) is 0 Å². The molecule has 0 bridgehead atoms. The molecule has 1 unspecified atom stereocenters. The third-order valence-corrected chi connectivity index (χ3v) is 3.04. The third kappa shape index (κ3) is 5.01. The maximum atomic E-state index is 11.5. The second kappa shape index (κ2) is 8.03. The molecule has 1 heterocycles. The maximum Gasteiger partial charge on any atom is 0.410 e. The van der Waals surface area contributed by atoms with Crippen molar-refractivity contribution in [2.45, 2.75) is 43.2 Å². The summed E-state index contributed by atoms with van der Waals surface area (Å²) >= 11 is 0. The quantitative estimate of drug-likeness (QED) is 0.252. The van der Waals surface area contributed by atoms with E-state index in [1.165, 1.54) is 0 Å². The molecule has 23 heavy (non-hydrogen) atoms. The highest BCUT2D eigenvalue weighted by atomic mass is 16.7. The fourth-order valence-electron chi connectivity index (χ4n) is 1.82. The number of alkyl carbamates (subject to hydrolysis) is 1. The molecular formula is C11H17NO11. The average Bonchev–Trinajstić information content (AvgIpc) is 2.46. The molecule has 1 rings (SSSR count). The summed E-state index contributed by atoms with van der Waals surface area (Å²) < 4.78 is 9.42. The summed E-state index contributed by atoms with van der Waals surface area (Å²) in [6, 6.07) is -1.79. The lowest BCUT2D eigenvalue weighted by molar-refractivity contribution is -0.285. The number of carbonyl (C=O) groups excluding carboxylic acids is 1. The van der Waals surface area contributed by atoms with Gasteiger partial charge in [0.2, 0.25) is 6.29 Å². The van der Waals surface area contributed by atoms with Crippen molar-refractivity contribution in [1.82, 2.24) is 5.32 Å². The van der Waals surface area contributed by atoms with E-state index in [9.17, 15) is 29.7 Å². The number of hydrogen-bond donors (Lipinski definition) is 7. The normalized spacial score (nSPS) is 31.9. The van der Waals surface area contributed by atoms with Crippen LogP contribution in [0.1, 0.15) is 6.42 Å². The zero-order valence-corrected chi connectivity index (χ0v) is 11.6. The van der Waals surface area contributed by atoms with Gasteiger partial charge in [0, 0.05) is 0 Å². The Morgan fingerprint density at radius 1 is 1.09 bits per heavy atom. The number of nitrogens with one attached hydrogen (secondary N) is 1. The highest BCUT2D eigenvalue weighted by Gasteiger charge is 2.45. The third-order valence-electron chi connectivity index (χ3n) is 3.04. The number of carboxylic acids is 2. The van der Waals surface area contributed by atoms with Crippen LogP contribution in [-0.4, -0.2) is 92.0 Å². The molecule has 1 amide bonds. The summed E-state index contributed by atoms with van der Waals surface area (Å²) in [5.41, 5.74) is 0. The molecule has 0 aromatic heterocycles. The average molecular weight is 339 g/mol. The number of amides is 1. The Labute approximate surface area is 128 Å². The summed E-state index contributed by atoms with van der Waals surface area (Å²) in [6.45, 7) is -0.747. The molecule has 1 aliphatic heterocycles. The van der Waals surface area contributed by atoms with Gasteiger partial charge in [-0.2, -0.15) is 0 Å². The molecule has 1 saturated heterocycles. The van der Waals surface area contributed by atoms with Crippen LogP contribution >= 0.6 is 0 Å². The van der Waals surface area contributed by atoms with Gasteiger partial charge in [-0.3, -0.25) is 4.79 Å². The van der Waals surface area contributed by atoms with Crippen molar-refractivity contribution in [2.24, 2.45) is 0 Å². The molecule has 12 heteroatoms. The van der Waals surface area contributed by atoms with E-state index in [1.807, 2.05) is 0 Å². The first kappa shape index (κ1) is 19.1. The van der Waals surface area contributed by atoms with Crippen LogP contribution in [0.4, 0.5) is 4.79 Å². The standard InChI is InChI=1S/C11H17NO11/c13-2-4-6(16)7(17)8(18)10(22-4)23-11(21)12-3(9(19)20)1-5(14)15/h3-4,6-8,10,13,16-18H,1-2H2,(H,12,21)(H,14,15)(H,19,20)/t3-,4+,6+,7-,8+,10?/m0/s1. The number of rotatable bonds is 6. The fraction of sp³-hybridized carbons (Fsp3) is 0.727. The summed E-state index contributed by atoms with van der Waals surface area (Å²) in [6.07, 6.45) is -10.8. The number of ether oxygens (including phenoxy) is 2. The van der Waals surface area contributed by atoms with Gasteiger partial charge in [0.15, 0.2) is 0 Å². The zero-order valence-electron chi connectivity index (χ0n) is 11.6. The van der Waals surface area contributed by atoms with Crippen LogP contribution in [0.5, 0.6) is 0 Å². The first-order valence-corrected chi connectivity index (χ1v) is 6.39. The molecule has 7 N–H and O–H groups in total. The summed E-state index contributed by atoms with van der Waals surface area (Å²) in [5, 5.41) is 56.6. The van der Waals surface area contributed by atoms with E-state index in [-0.39, 0.29) is 0 Å². The largest absolute Gasteiger partial charge is 0.481 e. The minimum absolute atomic E-state index is 0.747. The van der Waals surface area contributed by atoms with Crippen molar-refractivity contribution >= 4 is 18.0 Å². The van der Waals surface area contributed by atoms with Crippen LogP contribution in [0.2, 0.25) is 0 Å². The topological polar surface area (TPSA) is 203 Å². The van der Waals surface area contributed by atoms with Gasteiger partial charge in [0.1, 0.15) is 30.5 Å². The molecule has 0 spiro atoms. The van der Waals surface area contributed by atoms with Gasteiger partial charge < -0.3 is 45.4 Å². The number of carbonyl (C=O) groups is 3. The van der Waals surface area contributed by atoms with Gasteiger partial charge in [-0.05, 0) is 0 Å². The van der Waals surface area contributed by atoms with Gasteiger partial charge in [0.05, 0.1) is 13.0 Å². The number of aliphatic carboxylic acids is 2. The summed E-state index contributed by atoms with van der Waals surface area (Å²) in [4.78, 5) is 32.8. The van der Waals surface area contributed by atoms with E-state index in [1.54, 1.807) is 5.32 Å². The van der Waals surface area contributed by atoms with E-state index in [0.29, 0.717) is 0 Å². The van der Waals surface area contributed by atoms with E-state index in [0.717, 1.165) is 0 Å². The Balaban J connectivity index is 2.67. The Morgan fingerprint density at radius 3 is 2.17 bits per heavy atom. The number of carboxylic acid groups (broad SMARTS) is 2. The van der Waals surface area contributed by atoms with Crippen LogP contribution in [0.3, 0.4) is 0 Å². The number of aliphatic hydroxyl groups excluding tert-OH is 4. The lowest BCUT2D eigenvalue weighted by Gasteiger charge is -2.39. The van der Waals surface area contributed by atoms with Crippen molar-refractivity contribution in [3.05, 3.63) is 0 Å². The minimum Gasteiger partial charge on any atom is -0.481 e. The molecule has 6 atom stereocenters. The van der Waals surface area contributed by atoms with Crippen LogP contribution in [-0.2, 0) is 19.1 Å². The molecule has 0 radical (unpaired) electrons. The molecule has 0 aromatic rings. The maximum absolute atomic E-state index is 11.5. The Bertz CT molecular complexity index is 453. The van der Waals surface area contributed by atoms with Crippen LogP contribution in [0.25, 0.3) is 0 Å². The van der Waals surface area contributed by atoms with Crippen molar-refractivity contribution < 1.29 is 54.5 Å². The van der Waals surface area contributed by atoms with Crippen molar-refractivity contribution in [3.63, 3.8) is 0 Å². The Morgan fingerprint density at radius 2 is 1.70 bits per heavy atom. The predicted octanol–water partition coefficient (Wildman–Crippen LogP) is -3.56. The van der Waals surface area contributed by atoms with Gasteiger partial charge in [-0.15, -0.1) is 0 Å². The Hall–Kier alpha value is -1.99. The van der Waals surface area contributed by atoms with E-state index in [4.69, 9.17) is 20.1 Å². The van der Waals surface area contributed by atoms with Gasteiger partial charge in [0.25, 0.3) is 0 Å². The van der Waals surface area contributed by atoms with Crippen LogP contribution in [0, 0.1) is 0 Å². The molecule has 1 fully saturated rings. The predicted molar refractivity (Wildman–Crippen MR) is 67.1 cm³/mol. The zero-order chi connectivity index (χ0) is 17.7. The summed E-state index contributed by atoms with van der Waals surface area (Å²) in [5.74, 6) is -3.11. The van der Waals surface area contributed by atoms with Crippen LogP contribution in [0.15, 0.2) is 0 Å². The molecule has 0 aliphatic carbocycles.